The Morgan fingerprint density at radius 3 is 2.59 bits per heavy atom. The van der Waals surface area contributed by atoms with Gasteiger partial charge >= 0.3 is 0 Å². The molecule has 1 heterocycles. The Hall–Kier alpha value is -0.960. The molecule has 3 heteroatoms. The summed E-state index contributed by atoms with van der Waals surface area (Å²) < 4.78 is 0. The first-order valence-electron chi connectivity index (χ1n) is 6.56. The first kappa shape index (κ1) is 14.1. The van der Waals surface area contributed by atoms with Crippen molar-refractivity contribution in [3.63, 3.8) is 0 Å². The second-order valence-corrected chi connectivity index (χ2v) is 5.00. The van der Waals surface area contributed by atoms with Crippen LogP contribution in [0.25, 0.3) is 0 Å². The van der Waals surface area contributed by atoms with E-state index in [1.807, 2.05) is 20.9 Å². The van der Waals surface area contributed by atoms with Gasteiger partial charge in [-0.25, -0.2) is 0 Å². The zero-order chi connectivity index (χ0) is 12.8. The van der Waals surface area contributed by atoms with Gasteiger partial charge in [0.15, 0.2) is 0 Å². The highest BCUT2D eigenvalue weighted by atomic mass is 15.1. The molecule has 1 N–H and O–H groups in total. The molecule has 0 spiro atoms. The normalized spacial score (nSPS) is 14.6. The third kappa shape index (κ3) is 4.08. The Morgan fingerprint density at radius 1 is 1.29 bits per heavy atom. The monoisotopic (exact) mass is 235 g/mol. The number of hydrogen-bond acceptors (Lipinski definition) is 3. The van der Waals surface area contributed by atoms with Crippen molar-refractivity contribution in [2.75, 3.05) is 7.05 Å². The van der Waals surface area contributed by atoms with Gasteiger partial charge in [-0.05, 0) is 44.9 Å². The summed E-state index contributed by atoms with van der Waals surface area (Å²) in [6.45, 7) is 8.60. The molecule has 96 valence electrons. The molecule has 0 saturated heterocycles. The number of nitrogens with zero attached hydrogens (tertiary/aromatic N) is 2. The molecule has 0 amide bonds. The highest BCUT2D eigenvalue weighted by Gasteiger charge is 2.16. The standard InChI is InChI=1S/C14H25N3/c1-6-7-10(2)8-14(15-5)13-9-11(3)16-17-12(13)4/h9-10,14-15H,6-8H2,1-5H3. The summed E-state index contributed by atoms with van der Waals surface area (Å²) in [5.74, 6) is 0.741. The fourth-order valence-corrected chi connectivity index (χ4v) is 2.34. The Kier molecular flexibility index (Phi) is 5.56. The molecule has 0 aromatic carbocycles. The van der Waals surface area contributed by atoms with Crippen molar-refractivity contribution < 1.29 is 0 Å². The number of aromatic nitrogens is 2. The van der Waals surface area contributed by atoms with E-state index < -0.39 is 0 Å². The van der Waals surface area contributed by atoms with Crippen molar-refractivity contribution in [2.24, 2.45) is 5.92 Å². The first-order valence-corrected chi connectivity index (χ1v) is 6.56. The van der Waals surface area contributed by atoms with Crippen LogP contribution in [0, 0.1) is 19.8 Å². The van der Waals surface area contributed by atoms with E-state index in [0.29, 0.717) is 6.04 Å². The summed E-state index contributed by atoms with van der Waals surface area (Å²) in [6.07, 6.45) is 3.70. The van der Waals surface area contributed by atoms with Crippen molar-refractivity contribution in [2.45, 2.75) is 53.0 Å². The fraction of sp³-hybridized carbons (Fsp3) is 0.714. The van der Waals surface area contributed by atoms with E-state index in [9.17, 15) is 0 Å². The Balaban J connectivity index is 2.82. The molecule has 3 nitrogen and oxygen atoms in total. The zero-order valence-corrected chi connectivity index (χ0v) is 11.7. The summed E-state index contributed by atoms with van der Waals surface area (Å²) in [7, 11) is 2.03. The molecule has 17 heavy (non-hydrogen) atoms. The van der Waals surface area contributed by atoms with Crippen LogP contribution in [0.3, 0.4) is 0 Å². The molecular formula is C14H25N3. The molecule has 0 saturated carbocycles. The maximum absolute atomic E-state index is 4.21. The van der Waals surface area contributed by atoms with E-state index in [4.69, 9.17) is 0 Å². The van der Waals surface area contributed by atoms with Crippen LogP contribution in [0.15, 0.2) is 6.07 Å². The van der Waals surface area contributed by atoms with Crippen LogP contribution in [0.1, 0.15) is 56.1 Å². The molecule has 0 aliphatic carbocycles. The first-order chi connectivity index (χ1) is 8.08. The van der Waals surface area contributed by atoms with Gasteiger partial charge in [0.25, 0.3) is 0 Å². The van der Waals surface area contributed by atoms with Gasteiger partial charge in [-0.15, -0.1) is 0 Å². The van der Waals surface area contributed by atoms with Crippen LogP contribution >= 0.6 is 0 Å². The maximum atomic E-state index is 4.21. The topological polar surface area (TPSA) is 37.8 Å². The quantitative estimate of drug-likeness (QED) is 0.823. The number of aryl methyl sites for hydroxylation is 2. The molecule has 2 unspecified atom stereocenters. The van der Waals surface area contributed by atoms with E-state index in [0.717, 1.165) is 23.7 Å². The van der Waals surface area contributed by atoms with E-state index in [1.165, 1.54) is 18.4 Å². The lowest BCUT2D eigenvalue weighted by Crippen LogP contribution is -2.21. The average Bonchev–Trinajstić information content (AvgIpc) is 2.30. The van der Waals surface area contributed by atoms with Gasteiger partial charge in [-0.2, -0.15) is 10.2 Å². The fourth-order valence-electron chi connectivity index (χ4n) is 2.34. The third-order valence-electron chi connectivity index (χ3n) is 3.28. The van der Waals surface area contributed by atoms with E-state index >= 15 is 0 Å². The van der Waals surface area contributed by atoms with Gasteiger partial charge in [0.05, 0.1) is 11.4 Å². The second kappa shape index (κ2) is 6.70. The molecule has 0 fully saturated rings. The maximum Gasteiger partial charge on any atom is 0.0648 e. The molecular weight excluding hydrogens is 210 g/mol. The minimum atomic E-state index is 0.394. The van der Waals surface area contributed by atoms with Crippen molar-refractivity contribution in [3.05, 3.63) is 23.0 Å². The van der Waals surface area contributed by atoms with Crippen LogP contribution in [-0.2, 0) is 0 Å². The van der Waals surface area contributed by atoms with Crippen molar-refractivity contribution in [3.8, 4) is 0 Å². The molecule has 0 bridgehead atoms. The summed E-state index contributed by atoms with van der Waals surface area (Å²) >= 11 is 0. The highest BCUT2D eigenvalue weighted by Crippen LogP contribution is 2.25. The third-order valence-corrected chi connectivity index (χ3v) is 3.28. The van der Waals surface area contributed by atoms with Gasteiger partial charge in [0.2, 0.25) is 0 Å². The van der Waals surface area contributed by atoms with E-state index in [2.05, 4.69) is 35.4 Å². The van der Waals surface area contributed by atoms with Gasteiger partial charge in [0.1, 0.15) is 0 Å². The molecule has 1 aromatic heterocycles. The summed E-state index contributed by atoms with van der Waals surface area (Å²) in [5.41, 5.74) is 3.33. The number of rotatable bonds is 6. The molecule has 0 radical (unpaired) electrons. The summed E-state index contributed by atoms with van der Waals surface area (Å²) in [6, 6.07) is 2.55. The average molecular weight is 235 g/mol. The predicted octanol–water partition coefficient (Wildman–Crippen LogP) is 3.18. The largest absolute Gasteiger partial charge is 0.313 e. The van der Waals surface area contributed by atoms with Crippen LogP contribution in [0.2, 0.25) is 0 Å². The van der Waals surface area contributed by atoms with Gasteiger partial charge in [-0.3, -0.25) is 0 Å². The lowest BCUT2D eigenvalue weighted by molar-refractivity contribution is 0.404. The minimum Gasteiger partial charge on any atom is -0.313 e. The Labute approximate surface area is 105 Å². The Bertz CT molecular complexity index is 349. The van der Waals surface area contributed by atoms with Gasteiger partial charge < -0.3 is 5.32 Å². The van der Waals surface area contributed by atoms with Crippen LogP contribution in [0.4, 0.5) is 0 Å². The molecule has 1 aromatic rings. The van der Waals surface area contributed by atoms with E-state index in [-0.39, 0.29) is 0 Å². The molecule has 1 rings (SSSR count). The van der Waals surface area contributed by atoms with Crippen molar-refractivity contribution in [1.29, 1.82) is 0 Å². The number of nitrogens with one attached hydrogen (secondary N) is 1. The molecule has 2 atom stereocenters. The van der Waals surface area contributed by atoms with Crippen LogP contribution < -0.4 is 5.32 Å². The smallest absolute Gasteiger partial charge is 0.0648 e. The van der Waals surface area contributed by atoms with Crippen molar-refractivity contribution in [1.82, 2.24) is 15.5 Å². The van der Waals surface area contributed by atoms with Crippen molar-refractivity contribution >= 4 is 0 Å². The summed E-state index contributed by atoms with van der Waals surface area (Å²) in [5, 5.41) is 11.7. The number of hydrogen-bond donors (Lipinski definition) is 1. The van der Waals surface area contributed by atoms with Crippen LogP contribution in [-0.4, -0.2) is 17.2 Å². The molecule has 0 aliphatic rings. The SMILES string of the molecule is CCCC(C)CC(NC)c1cc(C)nnc1C. The highest BCUT2D eigenvalue weighted by molar-refractivity contribution is 5.23. The van der Waals surface area contributed by atoms with Crippen LogP contribution in [0.5, 0.6) is 0 Å². The Morgan fingerprint density at radius 2 is 2.00 bits per heavy atom. The lowest BCUT2D eigenvalue weighted by atomic mass is 9.92. The lowest BCUT2D eigenvalue weighted by Gasteiger charge is -2.22. The second-order valence-electron chi connectivity index (χ2n) is 5.00. The summed E-state index contributed by atoms with van der Waals surface area (Å²) in [4.78, 5) is 0. The molecule has 0 aliphatic heterocycles. The predicted molar refractivity (Wildman–Crippen MR) is 72.0 cm³/mol. The van der Waals surface area contributed by atoms with E-state index in [1.54, 1.807) is 0 Å². The van der Waals surface area contributed by atoms with Gasteiger partial charge in [-0.1, -0.05) is 26.7 Å². The van der Waals surface area contributed by atoms with Gasteiger partial charge in [0, 0.05) is 6.04 Å². The zero-order valence-electron chi connectivity index (χ0n) is 11.7. The minimum absolute atomic E-state index is 0.394.